The number of aromatic nitrogens is 1. The predicted octanol–water partition coefficient (Wildman–Crippen LogP) is 2.91. The topological polar surface area (TPSA) is 59.2 Å². The number of nitrogens with zero attached hydrogens (tertiary/aromatic N) is 2. The Bertz CT molecular complexity index is 447. The Morgan fingerprint density at radius 2 is 2.14 bits per heavy atom. The Labute approximate surface area is 133 Å². The van der Waals surface area contributed by atoms with Crippen molar-refractivity contribution in [2.45, 2.75) is 39.5 Å². The molecular weight excluding hydrogens is 286 g/mol. The molecule has 4 nitrogen and oxygen atoms in total. The summed E-state index contributed by atoms with van der Waals surface area (Å²) in [4.78, 5) is 18.5. The summed E-state index contributed by atoms with van der Waals surface area (Å²) in [5.74, 6) is 1.65. The SMILES string of the molecule is CC(C)C1CCCN(C(=O)Cc2ccc(N)cn2)CC1.Cl. The maximum atomic E-state index is 12.3. The molecule has 2 rings (SSSR count). The van der Waals surface area contributed by atoms with Gasteiger partial charge in [0.15, 0.2) is 0 Å². The number of carbonyl (C=O) groups is 1. The number of nitrogens with two attached hydrogens (primary N) is 1. The molecule has 0 radical (unpaired) electrons. The molecule has 2 N–H and O–H groups in total. The highest BCUT2D eigenvalue weighted by Crippen LogP contribution is 2.24. The maximum absolute atomic E-state index is 12.3. The molecular formula is C16H26ClN3O. The zero-order valence-corrected chi connectivity index (χ0v) is 13.7. The highest BCUT2D eigenvalue weighted by atomic mass is 35.5. The average Bonchev–Trinajstić information content (AvgIpc) is 2.67. The van der Waals surface area contributed by atoms with E-state index in [-0.39, 0.29) is 18.3 Å². The van der Waals surface area contributed by atoms with Crippen molar-refractivity contribution in [1.82, 2.24) is 9.88 Å². The van der Waals surface area contributed by atoms with Crippen molar-refractivity contribution in [3.63, 3.8) is 0 Å². The largest absolute Gasteiger partial charge is 0.397 e. The van der Waals surface area contributed by atoms with E-state index in [0.717, 1.165) is 37.5 Å². The number of halogens is 1. The van der Waals surface area contributed by atoms with Crippen LogP contribution >= 0.6 is 12.4 Å². The van der Waals surface area contributed by atoms with Crippen molar-refractivity contribution in [3.05, 3.63) is 24.0 Å². The van der Waals surface area contributed by atoms with E-state index in [1.165, 1.54) is 6.42 Å². The van der Waals surface area contributed by atoms with E-state index in [9.17, 15) is 4.79 Å². The third-order valence-corrected chi connectivity index (χ3v) is 4.25. The highest BCUT2D eigenvalue weighted by Gasteiger charge is 2.22. The fraction of sp³-hybridized carbons (Fsp3) is 0.625. The third kappa shape index (κ3) is 5.20. The molecule has 1 aromatic rings. The lowest BCUT2D eigenvalue weighted by atomic mass is 9.89. The van der Waals surface area contributed by atoms with Gasteiger partial charge in [-0.3, -0.25) is 9.78 Å². The first kappa shape index (κ1) is 17.8. The Hall–Kier alpha value is -1.29. The summed E-state index contributed by atoms with van der Waals surface area (Å²) in [6, 6.07) is 3.63. The molecule has 0 aromatic carbocycles. The molecule has 1 aromatic heterocycles. The number of amides is 1. The molecule has 1 amide bonds. The van der Waals surface area contributed by atoms with Gasteiger partial charge in [0.2, 0.25) is 5.91 Å². The molecule has 21 heavy (non-hydrogen) atoms. The average molecular weight is 312 g/mol. The van der Waals surface area contributed by atoms with Gasteiger partial charge >= 0.3 is 0 Å². The van der Waals surface area contributed by atoms with Gasteiger partial charge in [-0.2, -0.15) is 0 Å². The number of pyridine rings is 1. The van der Waals surface area contributed by atoms with Crippen LogP contribution in [0, 0.1) is 11.8 Å². The standard InChI is InChI=1S/C16H25N3O.ClH/c1-12(2)13-4-3-8-19(9-7-13)16(20)10-15-6-5-14(17)11-18-15;/h5-6,11-13H,3-4,7-10,17H2,1-2H3;1H. The van der Waals surface area contributed by atoms with Gasteiger partial charge in [-0.15, -0.1) is 12.4 Å². The lowest BCUT2D eigenvalue weighted by Crippen LogP contribution is -2.33. The van der Waals surface area contributed by atoms with Crippen LogP contribution in [0.25, 0.3) is 0 Å². The first-order valence-corrected chi connectivity index (χ1v) is 7.54. The van der Waals surface area contributed by atoms with Gasteiger partial charge in [0.05, 0.1) is 18.3 Å². The Balaban J connectivity index is 0.00000220. The van der Waals surface area contributed by atoms with Crippen LogP contribution < -0.4 is 5.73 Å². The van der Waals surface area contributed by atoms with Crippen molar-refractivity contribution in [2.75, 3.05) is 18.8 Å². The van der Waals surface area contributed by atoms with E-state index >= 15 is 0 Å². The number of hydrogen-bond acceptors (Lipinski definition) is 3. The minimum atomic E-state index is 0. The third-order valence-electron chi connectivity index (χ3n) is 4.25. The smallest absolute Gasteiger partial charge is 0.228 e. The molecule has 1 atom stereocenters. The molecule has 118 valence electrons. The lowest BCUT2D eigenvalue weighted by molar-refractivity contribution is -0.130. The van der Waals surface area contributed by atoms with Crippen molar-refractivity contribution in [3.8, 4) is 0 Å². The van der Waals surface area contributed by atoms with E-state index in [0.29, 0.717) is 18.0 Å². The summed E-state index contributed by atoms with van der Waals surface area (Å²) in [7, 11) is 0. The van der Waals surface area contributed by atoms with Gasteiger partial charge in [0.25, 0.3) is 0 Å². The number of nitrogen functional groups attached to an aromatic ring is 1. The molecule has 0 saturated carbocycles. The van der Waals surface area contributed by atoms with Crippen LogP contribution in [0.5, 0.6) is 0 Å². The second kappa shape index (κ2) is 8.23. The number of rotatable bonds is 3. The maximum Gasteiger partial charge on any atom is 0.228 e. The van der Waals surface area contributed by atoms with Crippen molar-refractivity contribution >= 4 is 24.0 Å². The lowest BCUT2D eigenvalue weighted by Gasteiger charge is -2.21. The second-order valence-electron chi connectivity index (χ2n) is 6.08. The van der Waals surface area contributed by atoms with Gasteiger partial charge in [-0.1, -0.05) is 13.8 Å². The summed E-state index contributed by atoms with van der Waals surface area (Å²) < 4.78 is 0. The van der Waals surface area contributed by atoms with E-state index in [4.69, 9.17) is 5.73 Å². The minimum absolute atomic E-state index is 0. The summed E-state index contributed by atoms with van der Waals surface area (Å²) in [5.41, 5.74) is 7.04. The second-order valence-corrected chi connectivity index (χ2v) is 6.08. The van der Waals surface area contributed by atoms with E-state index in [1.54, 1.807) is 12.3 Å². The van der Waals surface area contributed by atoms with Crippen LogP contribution in [0.3, 0.4) is 0 Å². The van der Waals surface area contributed by atoms with Crippen molar-refractivity contribution < 1.29 is 4.79 Å². The molecule has 1 unspecified atom stereocenters. The van der Waals surface area contributed by atoms with E-state index in [2.05, 4.69) is 18.8 Å². The Morgan fingerprint density at radius 3 is 2.76 bits per heavy atom. The molecule has 1 saturated heterocycles. The Kier molecular flexibility index (Phi) is 6.96. The van der Waals surface area contributed by atoms with E-state index in [1.807, 2.05) is 11.0 Å². The van der Waals surface area contributed by atoms with Crippen LogP contribution in [0.2, 0.25) is 0 Å². The minimum Gasteiger partial charge on any atom is -0.397 e. The number of anilines is 1. The molecule has 1 fully saturated rings. The normalized spacial score (nSPS) is 19.0. The van der Waals surface area contributed by atoms with Gasteiger partial charge < -0.3 is 10.6 Å². The van der Waals surface area contributed by atoms with Gasteiger partial charge in [0.1, 0.15) is 0 Å². The fourth-order valence-electron chi connectivity index (χ4n) is 2.85. The molecule has 0 bridgehead atoms. The molecule has 1 aliphatic rings. The van der Waals surface area contributed by atoms with Crippen molar-refractivity contribution in [2.24, 2.45) is 11.8 Å². The number of likely N-dealkylation sites (tertiary alicyclic amines) is 1. The molecule has 2 heterocycles. The molecule has 1 aliphatic heterocycles. The Morgan fingerprint density at radius 1 is 1.38 bits per heavy atom. The number of carbonyl (C=O) groups excluding carboxylic acids is 1. The van der Waals surface area contributed by atoms with Crippen LogP contribution in [-0.4, -0.2) is 28.9 Å². The first-order chi connectivity index (χ1) is 9.56. The van der Waals surface area contributed by atoms with E-state index < -0.39 is 0 Å². The first-order valence-electron chi connectivity index (χ1n) is 7.54. The van der Waals surface area contributed by atoms with Gasteiger partial charge in [0, 0.05) is 18.8 Å². The monoisotopic (exact) mass is 311 g/mol. The molecule has 0 aliphatic carbocycles. The highest BCUT2D eigenvalue weighted by molar-refractivity contribution is 5.85. The van der Waals surface area contributed by atoms with Crippen LogP contribution in [-0.2, 0) is 11.2 Å². The zero-order chi connectivity index (χ0) is 14.5. The zero-order valence-electron chi connectivity index (χ0n) is 12.9. The molecule has 5 heteroatoms. The van der Waals surface area contributed by atoms with Crippen LogP contribution in [0.1, 0.15) is 38.8 Å². The van der Waals surface area contributed by atoms with Crippen LogP contribution in [0.15, 0.2) is 18.3 Å². The summed E-state index contributed by atoms with van der Waals surface area (Å²) in [6.45, 7) is 6.33. The fourth-order valence-corrected chi connectivity index (χ4v) is 2.85. The summed E-state index contributed by atoms with van der Waals surface area (Å²) in [6.07, 6.45) is 5.47. The summed E-state index contributed by atoms with van der Waals surface area (Å²) in [5, 5.41) is 0. The number of hydrogen-bond donors (Lipinski definition) is 1. The van der Waals surface area contributed by atoms with Gasteiger partial charge in [-0.05, 0) is 43.2 Å². The van der Waals surface area contributed by atoms with Crippen molar-refractivity contribution in [1.29, 1.82) is 0 Å². The van der Waals surface area contributed by atoms with Gasteiger partial charge in [-0.25, -0.2) is 0 Å². The summed E-state index contributed by atoms with van der Waals surface area (Å²) >= 11 is 0. The predicted molar refractivity (Wildman–Crippen MR) is 88.4 cm³/mol. The van der Waals surface area contributed by atoms with Crippen LogP contribution in [0.4, 0.5) is 5.69 Å². The molecule has 0 spiro atoms. The quantitative estimate of drug-likeness (QED) is 0.933.